The van der Waals surface area contributed by atoms with Crippen molar-refractivity contribution in [2.24, 2.45) is 0 Å². The molecule has 0 aliphatic heterocycles. The normalized spacial score (nSPS) is 10.7. The van der Waals surface area contributed by atoms with Crippen molar-refractivity contribution in [1.82, 2.24) is 0 Å². The lowest BCUT2D eigenvalue weighted by Crippen LogP contribution is -1.93. The average Bonchev–Trinajstić information content (AvgIpc) is 2.70. The molecule has 0 unspecified atom stereocenters. The number of nitriles is 1. The predicted octanol–water partition coefficient (Wildman–Crippen LogP) is 7.42. The molecule has 0 saturated carbocycles. The van der Waals surface area contributed by atoms with Crippen LogP contribution in [0.4, 0.5) is 0 Å². The lowest BCUT2D eigenvalue weighted by atomic mass is 9.88. The van der Waals surface area contributed by atoms with Gasteiger partial charge >= 0.3 is 0 Å². The van der Waals surface area contributed by atoms with Gasteiger partial charge in [0.2, 0.25) is 0 Å². The van der Waals surface area contributed by atoms with Crippen molar-refractivity contribution in [2.45, 2.75) is 13.8 Å². The first-order valence-corrected chi connectivity index (χ1v) is 9.68. The average molecular weight is 412 g/mol. The van der Waals surface area contributed by atoms with Crippen molar-refractivity contribution in [3.8, 4) is 28.3 Å². The Morgan fingerprint density at radius 2 is 1.26 bits per heavy atom. The van der Waals surface area contributed by atoms with E-state index in [0.29, 0.717) is 0 Å². The highest BCUT2D eigenvalue weighted by Crippen LogP contribution is 2.37. The van der Waals surface area contributed by atoms with E-state index in [9.17, 15) is 5.26 Å². The summed E-state index contributed by atoms with van der Waals surface area (Å²) < 4.78 is 1.08. The summed E-state index contributed by atoms with van der Waals surface area (Å²) in [7, 11) is 0. The molecule has 0 aliphatic carbocycles. The predicted molar refractivity (Wildman–Crippen MR) is 117 cm³/mol. The third-order valence-electron chi connectivity index (χ3n) is 5.28. The summed E-state index contributed by atoms with van der Waals surface area (Å²) >= 11 is 3.50. The number of hydrogen-bond acceptors (Lipinski definition) is 1. The van der Waals surface area contributed by atoms with Crippen LogP contribution in [-0.4, -0.2) is 0 Å². The summed E-state index contributed by atoms with van der Waals surface area (Å²) in [5.41, 5.74) is 8.13. The number of benzene rings is 4. The highest BCUT2D eigenvalue weighted by molar-refractivity contribution is 9.10. The molecule has 0 spiro atoms. The van der Waals surface area contributed by atoms with E-state index in [-0.39, 0.29) is 0 Å². The molecule has 0 bridgehead atoms. The minimum atomic E-state index is 0.718. The van der Waals surface area contributed by atoms with E-state index >= 15 is 0 Å². The van der Waals surface area contributed by atoms with Crippen LogP contribution in [-0.2, 0) is 0 Å². The maximum Gasteiger partial charge on any atom is 0.0998 e. The van der Waals surface area contributed by atoms with Crippen LogP contribution < -0.4 is 0 Å². The number of rotatable bonds is 2. The van der Waals surface area contributed by atoms with Gasteiger partial charge in [-0.25, -0.2) is 0 Å². The molecular weight excluding hydrogens is 394 g/mol. The van der Waals surface area contributed by atoms with Gasteiger partial charge in [0.25, 0.3) is 0 Å². The molecular formula is C25H18BrN. The molecule has 0 aromatic heterocycles. The molecule has 1 nitrogen and oxygen atoms in total. The SMILES string of the molecule is Cc1c(-c2ccc(Br)cc2)ccc(-c2ccc(C#N)c3ccccc23)c1C. The molecule has 27 heavy (non-hydrogen) atoms. The molecule has 0 saturated heterocycles. The maximum atomic E-state index is 9.42. The Bertz CT molecular complexity index is 1200. The van der Waals surface area contributed by atoms with Crippen LogP contribution in [0.1, 0.15) is 16.7 Å². The third-order valence-corrected chi connectivity index (χ3v) is 5.81. The van der Waals surface area contributed by atoms with Crippen LogP contribution in [0.15, 0.2) is 77.3 Å². The fourth-order valence-electron chi connectivity index (χ4n) is 3.69. The zero-order valence-electron chi connectivity index (χ0n) is 15.3. The van der Waals surface area contributed by atoms with Crippen molar-refractivity contribution in [3.05, 3.63) is 94.0 Å². The second kappa shape index (κ2) is 7.02. The Kier molecular flexibility index (Phi) is 4.56. The summed E-state index contributed by atoms with van der Waals surface area (Å²) in [6.45, 7) is 4.36. The van der Waals surface area contributed by atoms with Crippen LogP contribution in [0, 0.1) is 25.2 Å². The van der Waals surface area contributed by atoms with E-state index in [1.165, 1.54) is 33.4 Å². The van der Waals surface area contributed by atoms with E-state index in [2.05, 4.69) is 84.4 Å². The molecule has 4 aromatic rings. The van der Waals surface area contributed by atoms with E-state index in [0.717, 1.165) is 20.8 Å². The van der Waals surface area contributed by atoms with Gasteiger partial charge in [-0.1, -0.05) is 70.5 Å². The molecule has 130 valence electrons. The molecule has 0 radical (unpaired) electrons. The van der Waals surface area contributed by atoms with Gasteiger partial charge in [0.15, 0.2) is 0 Å². The molecule has 0 atom stereocenters. The quantitative estimate of drug-likeness (QED) is 0.336. The number of fused-ring (bicyclic) bond motifs is 1. The summed E-state index contributed by atoms with van der Waals surface area (Å²) in [5, 5.41) is 11.6. The zero-order valence-corrected chi connectivity index (χ0v) is 16.8. The highest BCUT2D eigenvalue weighted by Gasteiger charge is 2.13. The summed E-state index contributed by atoms with van der Waals surface area (Å²) in [6.07, 6.45) is 0. The largest absolute Gasteiger partial charge is 0.192 e. The van der Waals surface area contributed by atoms with Gasteiger partial charge in [0.1, 0.15) is 0 Å². The van der Waals surface area contributed by atoms with Gasteiger partial charge < -0.3 is 0 Å². The Morgan fingerprint density at radius 1 is 0.667 bits per heavy atom. The third kappa shape index (κ3) is 3.05. The Hall–Kier alpha value is -2.89. The fourth-order valence-corrected chi connectivity index (χ4v) is 3.95. The highest BCUT2D eigenvalue weighted by atomic mass is 79.9. The first-order chi connectivity index (χ1) is 13.1. The fraction of sp³-hybridized carbons (Fsp3) is 0.0800. The lowest BCUT2D eigenvalue weighted by Gasteiger charge is -2.16. The summed E-state index contributed by atoms with van der Waals surface area (Å²) in [6, 6.07) is 27.3. The second-order valence-electron chi connectivity index (χ2n) is 6.74. The van der Waals surface area contributed by atoms with Crippen LogP contribution >= 0.6 is 15.9 Å². The Morgan fingerprint density at radius 3 is 1.96 bits per heavy atom. The lowest BCUT2D eigenvalue weighted by molar-refractivity contribution is 1.34. The molecule has 0 N–H and O–H groups in total. The Balaban J connectivity index is 1.92. The molecule has 0 amide bonds. The van der Waals surface area contributed by atoms with E-state index in [1.807, 2.05) is 24.3 Å². The van der Waals surface area contributed by atoms with Crippen LogP contribution in [0.2, 0.25) is 0 Å². The molecule has 4 rings (SSSR count). The van der Waals surface area contributed by atoms with Crippen LogP contribution in [0.3, 0.4) is 0 Å². The molecule has 0 fully saturated rings. The Labute approximate surface area is 168 Å². The van der Waals surface area contributed by atoms with Crippen molar-refractivity contribution < 1.29 is 0 Å². The van der Waals surface area contributed by atoms with Crippen molar-refractivity contribution in [3.63, 3.8) is 0 Å². The van der Waals surface area contributed by atoms with Gasteiger partial charge in [0.05, 0.1) is 11.6 Å². The minimum absolute atomic E-state index is 0.718. The van der Waals surface area contributed by atoms with Crippen molar-refractivity contribution >= 4 is 26.7 Å². The number of nitrogens with zero attached hydrogens (tertiary/aromatic N) is 1. The van der Waals surface area contributed by atoms with Crippen LogP contribution in [0.5, 0.6) is 0 Å². The first-order valence-electron chi connectivity index (χ1n) is 8.88. The van der Waals surface area contributed by atoms with Gasteiger partial charge in [-0.05, 0) is 70.8 Å². The zero-order chi connectivity index (χ0) is 19.0. The van der Waals surface area contributed by atoms with Gasteiger partial charge in [0, 0.05) is 9.86 Å². The van der Waals surface area contributed by atoms with Crippen LogP contribution in [0.25, 0.3) is 33.0 Å². The molecule has 2 heteroatoms. The first kappa shape index (κ1) is 17.5. The number of hydrogen-bond donors (Lipinski definition) is 0. The number of halogens is 1. The maximum absolute atomic E-state index is 9.42. The molecule has 0 heterocycles. The summed E-state index contributed by atoms with van der Waals surface area (Å²) in [4.78, 5) is 0. The second-order valence-corrected chi connectivity index (χ2v) is 7.65. The van der Waals surface area contributed by atoms with E-state index < -0.39 is 0 Å². The van der Waals surface area contributed by atoms with Gasteiger partial charge in [-0.3, -0.25) is 0 Å². The monoisotopic (exact) mass is 411 g/mol. The minimum Gasteiger partial charge on any atom is -0.192 e. The van der Waals surface area contributed by atoms with Gasteiger partial charge in [-0.2, -0.15) is 5.26 Å². The molecule has 4 aromatic carbocycles. The van der Waals surface area contributed by atoms with E-state index in [4.69, 9.17) is 0 Å². The smallest absolute Gasteiger partial charge is 0.0998 e. The van der Waals surface area contributed by atoms with Crippen molar-refractivity contribution in [1.29, 1.82) is 5.26 Å². The topological polar surface area (TPSA) is 23.8 Å². The molecule has 0 aliphatic rings. The standard InChI is InChI=1S/C25H18BrN/c1-16-17(2)22(14-13-21(16)18-7-10-20(26)11-8-18)25-12-9-19(15-27)23-5-3-4-6-24(23)25/h3-14H,1-2H3. The summed E-state index contributed by atoms with van der Waals surface area (Å²) in [5.74, 6) is 0. The van der Waals surface area contributed by atoms with Gasteiger partial charge in [-0.15, -0.1) is 0 Å². The van der Waals surface area contributed by atoms with E-state index in [1.54, 1.807) is 0 Å². The van der Waals surface area contributed by atoms with Crippen molar-refractivity contribution in [2.75, 3.05) is 0 Å².